The number of aromatic nitrogens is 2. The molecule has 0 amide bonds. The van der Waals surface area contributed by atoms with Crippen molar-refractivity contribution in [2.45, 2.75) is 22.3 Å². The van der Waals surface area contributed by atoms with Crippen LogP contribution in [0.15, 0.2) is 78.1 Å². The maximum atomic E-state index is 13.1. The lowest BCUT2D eigenvalue weighted by Crippen LogP contribution is -2.49. The normalized spacial score (nSPS) is 23.0. The van der Waals surface area contributed by atoms with Gasteiger partial charge in [-0.05, 0) is 24.0 Å². The Balaban J connectivity index is 1.75. The number of aliphatic hydroxyl groups is 1. The van der Waals surface area contributed by atoms with E-state index in [1.165, 1.54) is 11.8 Å². The van der Waals surface area contributed by atoms with Gasteiger partial charge in [0.25, 0.3) is 0 Å². The molecule has 0 fully saturated rings. The van der Waals surface area contributed by atoms with Gasteiger partial charge in [0.1, 0.15) is 23.0 Å². The van der Waals surface area contributed by atoms with E-state index < -0.39 is 17.1 Å². The Morgan fingerprint density at radius 2 is 1.65 bits per heavy atom. The second-order valence-electron chi connectivity index (χ2n) is 8.98. The minimum Gasteiger partial charge on any atom is -0.497 e. The van der Waals surface area contributed by atoms with Gasteiger partial charge in [-0.2, -0.15) is 0 Å². The average molecular weight is 515 g/mol. The molecule has 2 aliphatic rings. The first-order valence-electron chi connectivity index (χ1n) is 11.8. The van der Waals surface area contributed by atoms with Crippen LogP contribution in [0.25, 0.3) is 0 Å². The van der Waals surface area contributed by atoms with Crippen molar-refractivity contribution in [3.8, 4) is 23.0 Å². The van der Waals surface area contributed by atoms with E-state index in [1.807, 2.05) is 67.0 Å². The molecule has 2 heterocycles. The Kier molecular flexibility index (Phi) is 5.54. The Bertz CT molecular complexity index is 1480. The third-order valence-electron chi connectivity index (χ3n) is 7.35. The maximum absolute atomic E-state index is 13.1. The summed E-state index contributed by atoms with van der Waals surface area (Å²) in [6, 6.07) is 21.2. The fraction of sp³-hybridized carbons (Fsp3) is 0.241. The molecular formula is C29H26N2O5S. The summed E-state index contributed by atoms with van der Waals surface area (Å²) in [6.07, 6.45) is 3.73. The van der Waals surface area contributed by atoms with Crippen LogP contribution in [0.1, 0.15) is 33.9 Å². The van der Waals surface area contributed by atoms with Gasteiger partial charge >= 0.3 is 0 Å². The number of rotatable bonds is 6. The predicted molar refractivity (Wildman–Crippen MR) is 140 cm³/mol. The highest BCUT2D eigenvalue weighted by molar-refractivity contribution is 7.98. The Morgan fingerprint density at radius 1 is 0.919 bits per heavy atom. The van der Waals surface area contributed by atoms with Crippen molar-refractivity contribution in [1.29, 1.82) is 0 Å². The summed E-state index contributed by atoms with van der Waals surface area (Å²) in [5.74, 6) is 1.77. The van der Waals surface area contributed by atoms with E-state index >= 15 is 0 Å². The molecule has 7 nitrogen and oxygen atoms in total. The zero-order valence-corrected chi connectivity index (χ0v) is 21.7. The molecule has 37 heavy (non-hydrogen) atoms. The minimum atomic E-state index is -1.70. The number of thioether (sulfide) groups is 1. The molecule has 8 heteroatoms. The van der Waals surface area contributed by atoms with Crippen molar-refractivity contribution in [2.24, 2.45) is 0 Å². The van der Waals surface area contributed by atoms with E-state index in [9.17, 15) is 5.11 Å². The van der Waals surface area contributed by atoms with Crippen LogP contribution < -0.4 is 18.9 Å². The molecule has 3 atom stereocenters. The zero-order valence-electron chi connectivity index (χ0n) is 20.9. The maximum Gasteiger partial charge on any atom is 0.187 e. The van der Waals surface area contributed by atoms with E-state index in [1.54, 1.807) is 33.5 Å². The molecule has 3 unspecified atom stereocenters. The highest BCUT2D eigenvalue weighted by Crippen LogP contribution is 2.70. The Morgan fingerprint density at radius 3 is 2.30 bits per heavy atom. The predicted octanol–water partition coefficient (Wildman–Crippen LogP) is 4.89. The van der Waals surface area contributed by atoms with Crippen LogP contribution in [0.4, 0.5) is 0 Å². The highest BCUT2D eigenvalue weighted by Gasteiger charge is 2.73. The molecule has 0 saturated heterocycles. The van der Waals surface area contributed by atoms with Crippen molar-refractivity contribution in [2.75, 3.05) is 27.6 Å². The molecular weight excluding hydrogens is 488 g/mol. The molecule has 0 spiro atoms. The van der Waals surface area contributed by atoms with Gasteiger partial charge in [-0.15, -0.1) is 0 Å². The van der Waals surface area contributed by atoms with E-state index in [0.717, 1.165) is 16.7 Å². The summed E-state index contributed by atoms with van der Waals surface area (Å²) < 4.78 is 23.7. The first-order chi connectivity index (χ1) is 18.0. The molecule has 4 aromatic rings. The largest absolute Gasteiger partial charge is 0.497 e. The lowest BCUT2D eigenvalue weighted by atomic mass is 9.70. The summed E-state index contributed by atoms with van der Waals surface area (Å²) >= 11 is 1.42. The third kappa shape index (κ3) is 3.12. The topological polar surface area (TPSA) is 82.9 Å². The van der Waals surface area contributed by atoms with Gasteiger partial charge in [-0.1, -0.05) is 54.2 Å². The fourth-order valence-corrected chi connectivity index (χ4v) is 6.14. The molecule has 3 aromatic carbocycles. The molecule has 1 aliphatic carbocycles. The van der Waals surface area contributed by atoms with Crippen LogP contribution in [0, 0.1) is 0 Å². The smallest absolute Gasteiger partial charge is 0.187 e. The monoisotopic (exact) mass is 514 g/mol. The summed E-state index contributed by atoms with van der Waals surface area (Å²) in [7, 11) is 4.79. The second kappa shape index (κ2) is 8.68. The molecule has 1 N–H and O–H groups in total. The van der Waals surface area contributed by atoms with E-state index in [2.05, 4.69) is 4.98 Å². The van der Waals surface area contributed by atoms with Gasteiger partial charge in [-0.3, -0.25) is 0 Å². The van der Waals surface area contributed by atoms with Crippen molar-refractivity contribution in [3.05, 3.63) is 101 Å². The van der Waals surface area contributed by atoms with Crippen LogP contribution >= 0.6 is 11.8 Å². The number of hydrogen-bond donors (Lipinski definition) is 1. The molecule has 6 rings (SSSR count). The number of hydrogen-bond acceptors (Lipinski definition) is 8. The van der Waals surface area contributed by atoms with Gasteiger partial charge in [0, 0.05) is 29.5 Å². The highest BCUT2D eigenvalue weighted by atomic mass is 32.2. The Labute approximate surface area is 219 Å². The molecule has 0 bridgehead atoms. The van der Waals surface area contributed by atoms with Crippen molar-refractivity contribution in [1.82, 2.24) is 9.97 Å². The van der Waals surface area contributed by atoms with Gasteiger partial charge in [0.05, 0.1) is 38.5 Å². The van der Waals surface area contributed by atoms with Crippen LogP contribution in [-0.2, 0) is 11.2 Å². The lowest BCUT2D eigenvalue weighted by molar-refractivity contribution is -0.0911. The van der Waals surface area contributed by atoms with Crippen LogP contribution in [-0.4, -0.2) is 42.7 Å². The molecule has 0 radical (unpaired) electrons. The minimum absolute atomic E-state index is 0.430. The lowest BCUT2D eigenvalue weighted by Gasteiger charge is -2.40. The number of ether oxygens (including phenoxy) is 4. The van der Waals surface area contributed by atoms with Gasteiger partial charge in [0.15, 0.2) is 16.4 Å². The van der Waals surface area contributed by atoms with Crippen LogP contribution in [0.2, 0.25) is 0 Å². The molecule has 1 aliphatic heterocycles. The standard InChI is InChI=1S/C29H26N2O5S/c1-33-19-12-10-18(11-13-19)29-24(17-8-6-5-7-9-17)21-16-30-27(37-4)31-26(21)28(29,32)25-22(35-3)14-20(34-2)15-23(25)36-29/h5-16,24,32H,1-4H3. The van der Waals surface area contributed by atoms with Gasteiger partial charge in [0.2, 0.25) is 0 Å². The summed E-state index contributed by atoms with van der Waals surface area (Å²) in [6.45, 7) is 0. The first-order valence-corrected chi connectivity index (χ1v) is 13.0. The van der Waals surface area contributed by atoms with E-state index in [0.29, 0.717) is 39.4 Å². The number of nitrogens with zero attached hydrogens (tertiary/aromatic N) is 2. The Hall–Kier alpha value is -3.75. The number of benzene rings is 3. The SMILES string of the molecule is COc1ccc(C23Oc4cc(OC)cc(OC)c4C2(O)c2nc(SC)ncc2C3c2ccccc2)cc1. The summed E-state index contributed by atoms with van der Waals surface area (Å²) in [5, 5.41) is 13.7. The molecule has 188 valence electrons. The average Bonchev–Trinajstić information content (AvgIpc) is 3.34. The summed E-state index contributed by atoms with van der Waals surface area (Å²) in [4.78, 5) is 9.49. The van der Waals surface area contributed by atoms with Gasteiger partial charge in [-0.25, -0.2) is 9.97 Å². The zero-order chi connectivity index (χ0) is 25.8. The second-order valence-corrected chi connectivity index (χ2v) is 9.76. The van der Waals surface area contributed by atoms with Crippen molar-refractivity contribution < 1.29 is 24.1 Å². The van der Waals surface area contributed by atoms with E-state index in [4.69, 9.17) is 23.9 Å². The summed E-state index contributed by atoms with van der Waals surface area (Å²) in [5.41, 5.74) is 0.538. The molecule has 1 aromatic heterocycles. The van der Waals surface area contributed by atoms with Gasteiger partial charge < -0.3 is 24.1 Å². The fourth-order valence-electron chi connectivity index (χ4n) is 5.80. The van der Waals surface area contributed by atoms with E-state index in [-0.39, 0.29) is 0 Å². The first kappa shape index (κ1) is 23.6. The van der Waals surface area contributed by atoms with Crippen LogP contribution in [0.3, 0.4) is 0 Å². The van der Waals surface area contributed by atoms with Crippen molar-refractivity contribution >= 4 is 11.8 Å². The number of fused-ring (bicyclic) bond motifs is 5. The van der Waals surface area contributed by atoms with Crippen molar-refractivity contribution in [3.63, 3.8) is 0 Å². The quantitative estimate of drug-likeness (QED) is 0.288. The number of methoxy groups -OCH3 is 3. The molecule has 0 saturated carbocycles. The van der Waals surface area contributed by atoms with Crippen LogP contribution in [0.5, 0.6) is 23.0 Å². The third-order valence-corrected chi connectivity index (χ3v) is 7.92.